The minimum absolute atomic E-state index is 0.0934. The lowest BCUT2D eigenvalue weighted by atomic mass is 10.0. The molecule has 1 aromatic rings. The number of carbonyl (C=O) groups is 3. The molecular weight excluding hydrogens is 380 g/mol. The highest BCUT2D eigenvalue weighted by molar-refractivity contribution is 5.90. The molecule has 0 aromatic heterocycles. The molecule has 0 spiro atoms. The van der Waals surface area contributed by atoms with Crippen LogP contribution in [0.15, 0.2) is 54.1 Å². The molecule has 1 aromatic carbocycles. The van der Waals surface area contributed by atoms with E-state index in [2.05, 4.69) is 20.4 Å². The summed E-state index contributed by atoms with van der Waals surface area (Å²) >= 11 is 0. The van der Waals surface area contributed by atoms with Crippen molar-refractivity contribution in [1.82, 2.24) is 0 Å². The number of hydrogen-bond acceptors (Lipinski definition) is 5. The molecule has 30 heavy (non-hydrogen) atoms. The number of allylic oxidation sites excluding steroid dienone is 1. The van der Waals surface area contributed by atoms with Gasteiger partial charge in [0.25, 0.3) is 0 Å². The second-order valence-electron chi connectivity index (χ2n) is 9.49. The molecule has 0 amide bonds. The average Bonchev–Trinajstić information content (AvgIpc) is 3.17. The highest BCUT2D eigenvalue weighted by Gasteiger charge is 2.57. The Morgan fingerprint density at radius 3 is 2.33 bits per heavy atom. The summed E-state index contributed by atoms with van der Waals surface area (Å²) in [7, 11) is 0. The van der Waals surface area contributed by atoms with Crippen LogP contribution in [0.1, 0.15) is 58.3 Å². The van der Waals surface area contributed by atoms with Gasteiger partial charge in [-0.3, -0.25) is 4.79 Å². The summed E-state index contributed by atoms with van der Waals surface area (Å²) in [4.78, 5) is 36.1. The Morgan fingerprint density at radius 2 is 1.80 bits per heavy atom. The van der Waals surface area contributed by atoms with Crippen molar-refractivity contribution in [1.29, 1.82) is 0 Å². The Morgan fingerprint density at radius 1 is 1.20 bits per heavy atom. The van der Waals surface area contributed by atoms with Crippen LogP contribution in [-0.4, -0.2) is 29.9 Å². The molecule has 162 valence electrons. The SMILES string of the molecule is C=C(C=O)[C@@H](C[C@H]1[C@@H](/C=C(\C)C(=O)OC(C)(C)C)C1(C)C)OC(=O)c1ccccc1. The lowest BCUT2D eigenvalue weighted by Crippen LogP contribution is -2.24. The van der Waals surface area contributed by atoms with E-state index in [0.29, 0.717) is 23.8 Å². The molecular formula is C25H32O5. The normalized spacial score (nSPS) is 21.3. The fourth-order valence-corrected chi connectivity index (χ4v) is 3.62. The van der Waals surface area contributed by atoms with E-state index in [1.165, 1.54) is 0 Å². The van der Waals surface area contributed by atoms with Crippen LogP contribution in [0.25, 0.3) is 0 Å². The van der Waals surface area contributed by atoms with Gasteiger partial charge in [0, 0.05) is 11.1 Å². The monoisotopic (exact) mass is 412 g/mol. The van der Waals surface area contributed by atoms with Crippen LogP contribution < -0.4 is 0 Å². The maximum Gasteiger partial charge on any atom is 0.338 e. The second kappa shape index (κ2) is 8.99. The lowest BCUT2D eigenvalue weighted by molar-refractivity contribution is -0.149. The van der Waals surface area contributed by atoms with Gasteiger partial charge < -0.3 is 9.47 Å². The fourth-order valence-electron chi connectivity index (χ4n) is 3.62. The van der Waals surface area contributed by atoms with Crippen molar-refractivity contribution >= 4 is 18.2 Å². The van der Waals surface area contributed by atoms with Crippen molar-refractivity contribution in [3.63, 3.8) is 0 Å². The van der Waals surface area contributed by atoms with Crippen LogP contribution in [0.5, 0.6) is 0 Å². The van der Waals surface area contributed by atoms with Crippen LogP contribution in [0, 0.1) is 17.3 Å². The number of benzene rings is 1. The molecule has 1 aliphatic carbocycles. The van der Waals surface area contributed by atoms with E-state index in [-0.39, 0.29) is 28.8 Å². The zero-order valence-electron chi connectivity index (χ0n) is 18.7. The summed E-state index contributed by atoms with van der Waals surface area (Å²) in [6.07, 6.45) is 2.32. The van der Waals surface area contributed by atoms with Crippen LogP contribution in [0.2, 0.25) is 0 Å². The van der Waals surface area contributed by atoms with Crippen LogP contribution in [0.4, 0.5) is 0 Å². The van der Waals surface area contributed by atoms with Crippen LogP contribution in [-0.2, 0) is 19.1 Å². The van der Waals surface area contributed by atoms with E-state index in [1.54, 1.807) is 31.2 Å². The molecule has 5 heteroatoms. The number of aldehydes is 1. The molecule has 0 N–H and O–H groups in total. The molecule has 0 saturated heterocycles. The zero-order chi connectivity index (χ0) is 22.7. The van der Waals surface area contributed by atoms with Gasteiger partial charge >= 0.3 is 11.9 Å². The van der Waals surface area contributed by atoms with Gasteiger partial charge in [0.05, 0.1) is 5.56 Å². The largest absolute Gasteiger partial charge is 0.457 e. The minimum atomic E-state index is -0.709. The van der Waals surface area contributed by atoms with E-state index >= 15 is 0 Å². The Labute approximate surface area is 179 Å². The second-order valence-corrected chi connectivity index (χ2v) is 9.49. The Kier molecular flexibility index (Phi) is 7.06. The molecule has 3 atom stereocenters. The van der Waals surface area contributed by atoms with Crippen LogP contribution in [0.3, 0.4) is 0 Å². The number of rotatable bonds is 8. The van der Waals surface area contributed by atoms with Crippen LogP contribution >= 0.6 is 0 Å². The zero-order valence-corrected chi connectivity index (χ0v) is 18.7. The number of hydrogen-bond donors (Lipinski definition) is 0. The van der Waals surface area contributed by atoms with Crippen molar-refractivity contribution < 1.29 is 23.9 Å². The molecule has 0 aliphatic heterocycles. The Balaban J connectivity index is 2.11. The topological polar surface area (TPSA) is 69.7 Å². The molecule has 2 rings (SSSR count). The van der Waals surface area contributed by atoms with Crippen molar-refractivity contribution in [3.05, 3.63) is 59.7 Å². The fraction of sp³-hybridized carbons (Fsp3) is 0.480. The quantitative estimate of drug-likeness (QED) is 0.344. The summed E-state index contributed by atoms with van der Waals surface area (Å²) in [5, 5.41) is 0. The maximum atomic E-state index is 12.5. The first-order valence-electron chi connectivity index (χ1n) is 10.2. The first-order valence-corrected chi connectivity index (χ1v) is 10.2. The number of esters is 2. The predicted octanol–water partition coefficient (Wildman–Crippen LogP) is 4.92. The van der Waals surface area contributed by atoms with Gasteiger partial charge in [-0.1, -0.05) is 44.7 Å². The Hall–Kier alpha value is -2.69. The summed E-state index contributed by atoms with van der Waals surface area (Å²) < 4.78 is 11.1. The highest BCUT2D eigenvalue weighted by Crippen LogP contribution is 2.61. The van der Waals surface area contributed by atoms with Gasteiger partial charge in [-0.05, 0) is 63.5 Å². The molecule has 5 nitrogen and oxygen atoms in total. The van der Waals surface area contributed by atoms with E-state index in [4.69, 9.17) is 9.47 Å². The third kappa shape index (κ3) is 5.91. The van der Waals surface area contributed by atoms with Gasteiger partial charge in [-0.15, -0.1) is 0 Å². The summed E-state index contributed by atoms with van der Waals surface area (Å²) in [6, 6.07) is 8.66. The third-order valence-corrected chi connectivity index (χ3v) is 5.58. The third-order valence-electron chi connectivity index (χ3n) is 5.58. The van der Waals surface area contributed by atoms with E-state index in [1.807, 2.05) is 32.9 Å². The summed E-state index contributed by atoms with van der Waals surface area (Å²) in [6.45, 7) is 15.2. The van der Waals surface area contributed by atoms with E-state index in [0.717, 1.165) is 0 Å². The molecule has 1 saturated carbocycles. The average molecular weight is 413 g/mol. The summed E-state index contributed by atoms with van der Waals surface area (Å²) in [5.41, 5.74) is 0.562. The standard InChI is InChI=1S/C25H32O5/c1-16(22(27)30-24(3,4)5)13-19-20(25(19,6)7)14-21(17(2)15-26)29-23(28)18-11-9-8-10-12-18/h8-13,15,19-21H,2,14H2,1,3-7H3/b16-13+/t19-,20+,21-/m1/s1. The summed E-state index contributed by atoms with van der Waals surface area (Å²) in [5.74, 6) is -0.574. The Bertz CT molecular complexity index is 842. The van der Waals surface area contributed by atoms with Gasteiger partial charge in [0.15, 0.2) is 0 Å². The van der Waals surface area contributed by atoms with Gasteiger partial charge in [-0.25, -0.2) is 9.59 Å². The van der Waals surface area contributed by atoms with Gasteiger partial charge in [0.2, 0.25) is 0 Å². The first-order chi connectivity index (χ1) is 13.9. The van der Waals surface area contributed by atoms with E-state index < -0.39 is 17.7 Å². The van der Waals surface area contributed by atoms with Crippen molar-refractivity contribution in [2.24, 2.45) is 17.3 Å². The van der Waals surface area contributed by atoms with Crippen molar-refractivity contribution in [2.75, 3.05) is 0 Å². The van der Waals surface area contributed by atoms with Crippen molar-refractivity contribution in [2.45, 2.75) is 59.7 Å². The minimum Gasteiger partial charge on any atom is -0.457 e. The number of carbonyl (C=O) groups excluding carboxylic acids is 3. The molecule has 1 aliphatic rings. The highest BCUT2D eigenvalue weighted by atomic mass is 16.6. The van der Waals surface area contributed by atoms with Gasteiger partial charge in [-0.2, -0.15) is 0 Å². The predicted molar refractivity (Wildman–Crippen MR) is 116 cm³/mol. The molecule has 0 unspecified atom stereocenters. The van der Waals surface area contributed by atoms with E-state index in [9.17, 15) is 14.4 Å². The number of ether oxygens (including phenoxy) is 2. The van der Waals surface area contributed by atoms with Gasteiger partial charge in [0.1, 0.15) is 18.0 Å². The first kappa shape index (κ1) is 23.6. The molecule has 0 heterocycles. The van der Waals surface area contributed by atoms with Crippen molar-refractivity contribution in [3.8, 4) is 0 Å². The molecule has 1 fully saturated rings. The molecule has 0 radical (unpaired) electrons. The smallest absolute Gasteiger partial charge is 0.338 e. The maximum absolute atomic E-state index is 12.5. The molecule has 0 bridgehead atoms. The lowest BCUT2D eigenvalue weighted by Gasteiger charge is -2.19.